The molecule has 0 N–H and O–H groups in total. The van der Waals surface area contributed by atoms with E-state index in [1.54, 1.807) is 0 Å². The smallest absolute Gasteiger partial charge is 0.119 e. The van der Waals surface area contributed by atoms with Crippen LogP contribution in [0, 0.1) is 5.92 Å². The minimum absolute atomic E-state index is 0.0248. The first-order valence-electron chi connectivity index (χ1n) is 10.3. The summed E-state index contributed by atoms with van der Waals surface area (Å²) in [7, 11) is 1.90. The number of hydrogen-bond acceptors (Lipinski definition) is 4. The molecule has 3 atom stereocenters. The van der Waals surface area contributed by atoms with Crippen molar-refractivity contribution >= 4 is 0 Å². The highest BCUT2D eigenvalue weighted by Crippen LogP contribution is 2.44. The second-order valence-corrected chi connectivity index (χ2v) is 8.26. The van der Waals surface area contributed by atoms with E-state index in [-0.39, 0.29) is 5.60 Å². The Morgan fingerprint density at radius 2 is 2.08 bits per heavy atom. The first-order chi connectivity index (χ1) is 12.7. The van der Waals surface area contributed by atoms with Gasteiger partial charge in [0.2, 0.25) is 0 Å². The largest absolute Gasteiger partial charge is 0.494 e. The number of methoxy groups -OCH3 is 1. The molecule has 3 fully saturated rings. The van der Waals surface area contributed by atoms with Crippen molar-refractivity contribution in [2.75, 3.05) is 26.9 Å². The Kier molecular flexibility index (Phi) is 5.53. The summed E-state index contributed by atoms with van der Waals surface area (Å²) >= 11 is 0. The van der Waals surface area contributed by atoms with Gasteiger partial charge in [-0.1, -0.05) is 12.1 Å². The highest BCUT2D eigenvalue weighted by molar-refractivity contribution is 5.28. The summed E-state index contributed by atoms with van der Waals surface area (Å²) in [6.07, 6.45) is 7.63. The average molecular weight is 360 g/mol. The average Bonchev–Trinajstić information content (AvgIpc) is 3.43. The SMILES string of the molecule is CCOc1cccc(CN2CC[C@]3(OC)CC[C@@H](OCC4CC4)C[C@H]23)c1. The Hall–Kier alpha value is -1.10. The molecule has 144 valence electrons. The number of fused-ring (bicyclic) bond motifs is 1. The molecule has 1 aromatic carbocycles. The van der Waals surface area contributed by atoms with Crippen molar-refractivity contribution in [3.8, 4) is 5.75 Å². The van der Waals surface area contributed by atoms with Crippen LogP contribution < -0.4 is 4.74 Å². The summed E-state index contributed by atoms with van der Waals surface area (Å²) in [6, 6.07) is 8.99. The molecule has 1 saturated heterocycles. The molecular formula is C22H33NO3. The zero-order valence-corrected chi connectivity index (χ0v) is 16.3. The van der Waals surface area contributed by atoms with Crippen molar-refractivity contribution in [2.45, 2.75) is 69.7 Å². The molecular weight excluding hydrogens is 326 g/mol. The Balaban J connectivity index is 1.43. The van der Waals surface area contributed by atoms with Gasteiger partial charge in [0, 0.05) is 32.8 Å². The van der Waals surface area contributed by atoms with Crippen molar-refractivity contribution in [2.24, 2.45) is 5.92 Å². The van der Waals surface area contributed by atoms with E-state index in [0.717, 1.165) is 57.0 Å². The summed E-state index contributed by atoms with van der Waals surface area (Å²) in [5.41, 5.74) is 1.35. The minimum Gasteiger partial charge on any atom is -0.494 e. The summed E-state index contributed by atoms with van der Waals surface area (Å²) in [5.74, 6) is 1.81. The molecule has 2 saturated carbocycles. The van der Waals surface area contributed by atoms with Crippen molar-refractivity contribution in [3.63, 3.8) is 0 Å². The Bertz CT molecular complexity index is 603. The summed E-state index contributed by atoms with van der Waals surface area (Å²) in [5, 5.41) is 0. The quantitative estimate of drug-likeness (QED) is 0.701. The summed E-state index contributed by atoms with van der Waals surface area (Å²) in [4.78, 5) is 2.61. The second kappa shape index (κ2) is 7.87. The predicted octanol–water partition coefficient (Wildman–Crippen LogP) is 4.02. The standard InChI is InChI=1S/C22H33NO3/c1-3-25-19-6-4-5-18(13-19)15-23-12-11-22(24-2)10-9-20(14-21(22)23)26-16-17-7-8-17/h4-6,13,17,20-21H,3,7-12,14-16H2,1-2H3/t20-,21+,22-/m1/s1. The molecule has 4 heteroatoms. The lowest BCUT2D eigenvalue weighted by Crippen LogP contribution is -2.51. The van der Waals surface area contributed by atoms with Crippen LogP contribution >= 0.6 is 0 Å². The van der Waals surface area contributed by atoms with E-state index in [1.165, 1.54) is 18.4 Å². The van der Waals surface area contributed by atoms with Gasteiger partial charge in [-0.2, -0.15) is 0 Å². The fraction of sp³-hybridized carbons (Fsp3) is 0.727. The molecule has 2 aliphatic carbocycles. The Morgan fingerprint density at radius 3 is 2.85 bits per heavy atom. The molecule has 0 aromatic heterocycles. The topological polar surface area (TPSA) is 30.9 Å². The number of ether oxygens (including phenoxy) is 3. The molecule has 26 heavy (non-hydrogen) atoms. The maximum atomic E-state index is 6.25. The van der Waals surface area contributed by atoms with Gasteiger partial charge in [0.15, 0.2) is 0 Å². The summed E-state index contributed by atoms with van der Waals surface area (Å²) < 4.78 is 18.0. The summed E-state index contributed by atoms with van der Waals surface area (Å²) in [6.45, 7) is 5.78. The van der Waals surface area contributed by atoms with Crippen molar-refractivity contribution in [3.05, 3.63) is 29.8 Å². The lowest BCUT2D eigenvalue weighted by Gasteiger charge is -2.43. The lowest BCUT2D eigenvalue weighted by atomic mass is 9.79. The number of rotatable bonds is 8. The third-order valence-corrected chi connectivity index (χ3v) is 6.51. The molecule has 0 spiro atoms. The number of likely N-dealkylation sites (tertiary alicyclic amines) is 1. The van der Waals surface area contributed by atoms with E-state index in [1.807, 2.05) is 20.1 Å². The lowest BCUT2D eigenvalue weighted by molar-refractivity contribution is -0.103. The van der Waals surface area contributed by atoms with Gasteiger partial charge in [-0.3, -0.25) is 4.90 Å². The molecule has 0 amide bonds. The molecule has 4 nitrogen and oxygen atoms in total. The van der Waals surface area contributed by atoms with E-state index in [9.17, 15) is 0 Å². The number of benzene rings is 1. The van der Waals surface area contributed by atoms with Gasteiger partial charge >= 0.3 is 0 Å². The van der Waals surface area contributed by atoms with E-state index in [0.29, 0.717) is 18.8 Å². The highest BCUT2D eigenvalue weighted by Gasteiger charge is 2.51. The van der Waals surface area contributed by atoms with Crippen LogP contribution in [0.25, 0.3) is 0 Å². The first kappa shape index (κ1) is 18.3. The minimum atomic E-state index is 0.0248. The molecule has 4 rings (SSSR count). The monoisotopic (exact) mass is 359 g/mol. The maximum absolute atomic E-state index is 6.25. The van der Waals surface area contributed by atoms with Crippen LogP contribution in [0.2, 0.25) is 0 Å². The molecule has 0 unspecified atom stereocenters. The van der Waals surface area contributed by atoms with Crippen molar-refractivity contribution < 1.29 is 14.2 Å². The Labute approximate surface area is 157 Å². The third-order valence-electron chi connectivity index (χ3n) is 6.51. The highest BCUT2D eigenvalue weighted by atomic mass is 16.5. The van der Waals surface area contributed by atoms with Crippen LogP contribution in [0.4, 0.5) is 0 Å². The van der Waals surface area contributed by atoms with Crippen LogP contribution in [0.15, 0.2) is 24.3 Å². The van der Waals surface area contributed by atoms with Crippen LogP contribution in [-0.2, 0) is 16.0 Å². The maximum Gasteiger partial charge on any atom is 0.119 e. The predicted molar refractivity (Wildman–Crippen MR) is 102 cm³/mol. The number of hydrogen-bond donors (Lipinski definition) is 0. The Morgan fingerprint density at radius 1 is 1.19 bits per heavy atom. The molecule has 1 heterocycles. The van der Waals surface area contributed by atoms with Gasteiger partial charge in [0.1, 0.15) is 5.75 Å². The van der Waals surface area contributed by atoms with Gasteiger partial charge in [-0.25, -0.2) is 0 Å². The fourth-order valence-electron chi connectivity index (χ4n) is 4.79. The van der Waals surface area contributed by atoms with Gasteiger partial charge in [0.25, 0.3) is 0 Å². The molecule has 1 aliphatic heterocycles. The van der Waals surface area contributed by atoms with E-state index in [4.69, 9.17) is 14.2 Å². The normalized spacial score (nSPS) is 31.8. The zero-order valence-electron chi connectivity index (χ0n) is 16.3. The van der Waals surface area contributed by atoms with Crippen LogP contribution in [0.1, 0.15) is 51.0 Å². The van der Waals surface area contributed by atoms with Gasteiger partial charge in [-0.05, 0) is 69.1 Å². The third kappa shape index (κ3) is 3.92. The van der Waals surface area contributed by atoms with Gasteiger partial charge < -0.3 is 14.2 Å². The molecule has 0 bridgehead atoms. The zero-order chi connectivity index (χ0) is 18.0. The first-order valence-corrected chi connectivity index (χ1v) is 10.3. The van der Waals surface area contributed by atoms with Crippen molar-refractivity contribution in [1.29, 1.82) is 0 Å². The van der Waals surface area contributed by atoms with E-state index >= 15 is 0 Å². The van der Waals surface area contributed by atoms with E-state index < -0.39 is 0 Å². The molecule has 1 aromatic rings. The van der Waals surface area contributed by atoms with E-state index in [2.05, 4.69) is 23.1 Å². The van der Waals surface area contributed by atoms with Crippen molar-refractivity contribution in [1.82, 2.24) is 4.90 Å². The van der Waals surface area contributed by atoms with Gasteiger partial charge in [-0.15, -0.1) is 0 Å². The fourth-order valence-corrected chi connectivity index (χ4v) is 4.79. The second-order valence-electron chi connectivity index (χ2n) is 8.26. The number of nitrogens with zero attached hydrogens (tertiary/aromatic N) is 1. The van der Waals surface area contributed by atoms with Crippen LogP contribution in [-0.4, -0.2) is 49.5 Å². The van der Waals surface area contributed by atoms with Crippen LogP contribution in [0.5, 0.6) is 5.75 Å². The molecule has 3 aliphatic rings. The molecule has 0 radical (unpaired) electrons. The van der Waals surface area contributed by atoms with Gasteiger partial charge in [0.05, 0.1) is 18.3 Å². The van der Waals surface area contributed by atoms with Crippen LogP contribution in [0.3, 0.4) is 0 Å².